The van der Waals surface area contributed by atoms with E-state index in [1.54, 1.807) is 0 Å². The quantitative estimate of drug-likeness (QED) is 0.815. The zero-order valence-electron chi connectivity index (χ0n) is 14.2. The van der Waals surface area contributed by atoms with Crippen molar-refractivity contribution in [3.05, 3.63) is 0 Å². The van der Waals surface area contributed by atoms with E-state index in [9.17, 15) is 9.59 Å². The maximum Gasteiger partial charge on any atom is 0.407 e. The molecule has 1 fully saturated rings. The zero-order chi connectivity index (χ0) is 16.8. The van der Waals surface area contributed by atoms with Gasteiger partial charge in [-0.1, -0.05) is 13.3 Å². The number of amides is 1. The number of nitrogens with zero attached hydrogens (tertiary/aromatic N) is 1. The molecular formula is C16H30N2O4. The molecule has 1 aliphatic heterocycles. The molecule has 6 heteroatoms. The van der Waals surface area contributed by atoms with Gasteiger partial charge in [0.25, 0.3) is 0 Å². The van der Waals surface area contributed by atoms with E-state index in [4.69, 9.17) is 9.84 Å². The molecular weight excluding hydrogens is 284 g/mol. The predicted molar refractivity (Wildman–Crippen MR) is 84.9 cm³/mol. The average molecular weight is 314 g/mol. The van der Waals surface area contributed by atoms with Crippen LogP contribution in [0.15, 0.2) is 0 Å². The van der Waals surface area contributed by atoms with Crippen LogP contribution in [0.25, 0.3) is 0 Å². The summed E-state index contributed by atoms with van der Waals surface area (Å²) in [6.07, 6.45) is 4.42. The molecule has 0 aromatic carbocycles. The van der Waals surface area contributed by atoms with Crippen molar-refractivity contribution in [1.29, 1.82) is 0 Å². The predicted octanol–water partition coefficient (Wildman–Crippen LogP) is 2.62. The summed E-state index contributed by atoms with van der Waals surface area (Å²) in [6.45, 7) is 8.18. The first kappa shape index (κ1) is 18.7. The van der Waals surface area contributed by atoms with Crippen molar-refractivity contribution in [3.63, 3.8) is 0 Å². The van der Waals surface area contributed by atoms with Gasteiger partial charge >= 0.3 is 12.1 Å². The molecule has 0 radical (unpaired) electrons. The van der Waals surface area contributed by atoms with Crippen molar-refractivity contribution in [2.45, 2.75) is 77.5 Å². The average Bonchev–Trinajstić information content (AvgIpc) is 2.49. The van der Waals surface area contributed by atoms with Crippen LogP contribution in [0, 0.1) is 0 Å². The van der Waals surface area contributed by atoms with Crippen molar-refractivity contribution in [2.75, 3.05) is 13.1 Å². The Morgan fingerprint density at radius 1 is 1.32 bits per heavy atom. The van der Waals surface area contributed by atoms with Gasteiger partial charge in [-0.2, -0.15) is 0 Å². The second-order valence-electron chi connectivity index (χ2n) is 7.04. The number of carboxylic acids is 1. The topological polar surface area (TPSA) is 78.9 Å². The number of carbonyl (C=O) groups excluding carboxylic acids is 1. The second kappa shape index (κ2) is 8.36. The molecule has 1 saturated heterocycles. The first-order chi connectivity index (χ1) is 10.2. The number of hydrogen-bond donors (Lipinski definition) is 2. The zero-order valence-corrected chi connectivity index (χ0v) is 14.2. The summed E-state index contributed by atoms with van der Waals surface area (Å²) in [5.74, 6) is -0.820. The number of rotatable bonds is 5. The van der Waals surface area contributed by atoms with Crippen molar-refractivity contribution < 1.29 is 19.4 Å². The van der Waals surface area contributed by atoms with Gasteiger partial charge in [-0.15, -0.1) is 0 Å². The smallest absolute Gasteiger partial charge is 0.407 e. The molecule has 0 unspecified atom stereocenters. The van der Waals surface area contributed by atoms with E-state index in [2.05, 4.69) is 12.2 Å². The lowest BCUT2D eigenvalue weighted by molar-refractivity contribution is -0.139. The number of ether oxygens (including phenoxy) is 1. The number of likely N-dealkylation sites (tertiary alicyclic amines) is 1. The van der Waals surface area contributed by atoms with Crippen LogP contribution in [0.3, 0.4) is 0 Å². The number of hydrogen-bond acceptors (Lipinski definition) is 4. The van der Waals surface area contributed by atoms with Gasteiger partial charge in [0.05, 0.1) is 6.54 Å². The summed E-state index contributed by atoms with van der Waals surface area (Å²) in [5.41, 5.74) is -0.527. The Morgan fingerprint density at radius 3 is 2.55 bits per heavy atom. The highest BCUT2D eigenvalue weighted by molar-refractivity contribution is 5.69. The number of alkyl carbamates (subject to hydrolysis) is 1. The molecule has 1 amide bonds. The van der Waals surface area contributed by atoms with Gasteiger partial charge in [0, 0.05) is 18.6 Å². The van der Waals surface area contributed by atoms with Gasteiger partial charge < -0.3 is 15.2 Å². The fourth-order valence-corrected chi connectivity index (χ4v) is 2.93. The lowest BCUT2D eigenvalue weighted by Gasteiger charge is -2.30. The Hall–Kier alpha value is -1.30. The molecule has 1 heterocycles. The van der Waals surface area contributed by atoms with Crippen LogP contribution in [0.5, 0.6) is 0 Å². The molecule has 2 atom stereocenters. The van der Waals surface area contributed by atoms with Gasteiger partial charge in [0.15, 0.2) is 0 Å². The minimum atomic E-state index is -0.820. The maximum absolute atomic E-state index is 11.9. The largest absolute Gasteiger partial charge is 0.480 e. The van der Waals surface area contributed by atoms with Gasteiger partial charge in [0.2, 0.25) is 0 Å². The summed E-state index contributed by atoms with van der Waals surface area (Å²) >= 11 is 0. The van der Waals surface area contributed by atoms with E-state index < -0.39 is 17.7 Å². The highest BCUT2D eigenvalue weighted by Crippen LogP contribution is 2.21. The lowest BCUT2D eigenvalue weighted by atomic mass is 10.0. The van der Waals surface area contributed by atoms with Crippen LogP contribution < -0.4 is 5.32 Å². The van der Waals surface area contributed by atoms with Crippen molar-refractivity contribution in [3.8, 4) is 0 Å². The van der Waals surface area contributed by atoms with E-state index in [1.165, 1.54) is 0 Å². The molecule has 6 nitrogen and oxygen atoms in total. The summed E-state index contributed by atoms with van der Waals surface area (Å²) in [5, 5.41) is 12.0. The first-order valence-corrected chi connectivity index (χ1v) is 8.16. The van der Waals surface area contributed by atoms with E-state index in [1.807, 2.05) is 25.7 Å². The lowest BCUT2D eigenvalue weighted by Crippen LogP contribution is -2.48. The molecule has 1 rings (SSSR count). The molecule has 0 aliphatic carbocycles. The fourth-order valence-electron chi connectivity index (χ4n) is 2.93. The molecule has 0 spiro atoms. The number of nitrogens with one attached hydrogen (secondary N) is 1. The van der Waals surface area contributed by atoms with E-state index in [0.29, 0.717) is 6.54 Å². The van der Waals surface area contributed by atoms with Crippen LogP contribution in [-0.2, 0) is 9.53 Å². The van der Waals surface area contributed by atoms with Crippen LogP contribution >= 0.6 is 0 Å². The Bertz CT molecular complexity index is 379. The van der Waals surface area contributed by atoms with Gasteiger partial charge in [0.1, 0.15) is 5.60 Å². The Kier molecular flexibility index (Phi) is 7.13. The summed E-state index contributed by atoms with van der Waals surface area (Å²) in [7, 11) is 0. The molecule has 1 aliphatic rings. The normalized spacial score (nSPS) is 23.6. The van der Waals surface area contributed by atoms with Crippen molar-refractivity contribution in [2.24, 2.45) is 0 Å². The molecule has 0 aromatic rings. The molecule has 128 valence electrons. The van der Waals surface area contributed by atoms with Crippen LogP contribution in [-0.4, -0.2) is 52.8 Å². The second-order valence-corrected chi connectivity index (χ2v) is 7.04. The first-order valence-electron chi connectivity index (χ1n) is 8.16. The Labute approximate surface area is 133 Å². The number of carboxylic acid groups (broad SMARTS) is 1. The summed E-state index contributed by atoms with van der Waals surface area (Å²) in [6, 6.07) is 0.225. The summed E-state index contributed by atoms with van der Waals surface area (Å²) < 4.78 is 5.29. The Balaban J connectivity index is 2.65. The molecule has 0 saturated carbocycles. The van der Waals surface area contributed by atoms with E-state index in [0.717, 1.165) is 32.1 Å². The molecule has 0 aromatic heterocycles. The highest BCUT2D eigenvalue weighted by Gasteiger charge is 2.28. The minimum Gasteiger partial charge on any atom is -0.480 e. The standard InChI is InChI=1S/C16H30N2O4/c1-5-7-13-9-6-8-12(10-18(13)11-14(19)20)17-15(21)22-16(2,3)4/h12-13H,5-11H2,1-4H3,(H,17,21)(H,19,20)/t12-,13+/m0/s1. The SMILES string of the molecule is CCC[C@@H]1CCC[C@H](NC(=O)OC(C)(C)C)CN1CC(=O)O. The van der Waals surface area contributed by atoms with Crippen LogP contribution in [0.2, 0.25) is 0 Å². The molecule has 22 heavy (non-hydrogen) atoms. The highest BCUT2D eigenvalue weighted by atomic mass is 16.6. The van der Waals surface area contributed by atoms with E-state index in [-0.39, 0.29) is 18.6 Å². The summed E-state index contributed by atoms with van der Waals surface area (Å²) in [4.78, 5) is 25.0. The van der Waals surface area contributed by atoms with Gasteiger partial charge in [-0.05, 0) is 46.5 Å². The van der Waals surface area contributed by atoms with Crippen LogP contribution in [0.4, 0.5) is 4.79 Å². The fraction of sp³-hybridized carbons (Fsp3) is 0.875. The van der Waals surface area contributed by atoms with Gasteiger partial charge in [-0.3, -0.25) is 9.69 Å². The van der Waals surface area contributed by atoms with Gasteiger partial charge in [-0.25, -0.2) is 4.79 Å². The molecule has 2 N–H and O–H groups in total. The maximum atomic E-state index is 11.9. The third-order valence-electron chi connectivity index (χ3n) is 3.74. The monoisotopic (exact) mass is 314 g/mol. The van der Waals surface area contributed by atoms with Crippen LogP contribution in [0.1, 0.15) is 59.8 Å². The van der Waals surface area contributed by atoms with Crippen molar-refractivity contribution in [1.82, 2.24) is 10.2 Å². The Morgan fingerprint density at radius 2 is 2.00 bits per heavy atom. The number of carbonyl (C=O) groups is 2. The van der Waals surface area contributed by atoms with Crippen molar-refractivity contribution >= 4 is 12.1 Å². The minimum absolute atomic E-state index is 0.0250. The van der Waals surface area contributed by atoms with E-state index >= 15 is 0 Å². The number of aliphatic carboxylic acids is 1. The third-order valence-corrected chi connectivity index (χ3v) is 3.74. The third kappa shape index (κ3) is 7.11. The molecule has 0 bridgehead atoms.